The molecule has 3 N–H and O–H groups in total. The van der Waals surface area contributed by atoms with Gasteiger partial charge in [0.05, 0.1) is 0 Å². The quantitative estimate of drug-likeness (QED) is 0.689. The number of hydrogen-bond donors (Lipinski definition) is 3. The van der Waals surface area contributed by atoms with E-state index in [-0.39, 0.29) is 17.6 Å². The van der Waals surface area contributed by atoms with E-state index in [4.69, 9.17) is 5.11 Å². The molecule has 0 atom stereocenters. The number of aromatic carboxylic acids is 1. The zero-order chi connectivity index (χ0) is 11.5. The van der Waals surface area contributed by atoms with Crippen molar-refractivity contribution in [3.8, 4) is 0 Å². The number of rotatable bonds is 3. The Kier molecular flexibility index (Phi) is 2.67. The van der Waals surface area contributed by atoms with Crippen molar-refractivity contribution in [1.29, 1.82) is 0 Å². The van der Waals surface area contributed by atoms with E-state index < -0.39 is 12.0 Å². The predicted molar refractivity (Wildman–Crippen MR) is 54.2 cm³/mol. The van der Waals surface area contributed by atoms with Crippen molar-refractivity contribution in [2.45, 2.75) is 18.9 Å². The minimum Gasteiger partial charge on any atom is -0.476 e. The highest BCUT2D eigenvalue weighted by Gasteiger charge is 2.24. The van der Waals surface area contributed by atoms with Crippen LogP contribution in [0.5, 0.6) is 0 Å². The number of carbonyl (C=O) groups is 2. The van der Waals surface area contributed by atoms with Gasteiger partial charge in [-0.15, -0.1) is 0 Å². The number of urea groups is 1. The number of hydrogen-bond acceptors (Lipinski definition) is 4. The van der Waals surface area contributed by atoms with Crippen LogP contribution in [0.4, 0.5) is 10.6 Å². The van der Waals surface area contributed by atoms with Crippen molar-refractivity contribution in [1.82, 2.24) is 15.3 Å². The SMILES string of the molecule is O=C(Nc1nccnc1C(=O)O)NC1CC1. The van der Waals surface area contributed by atoms with Crippen molar-refractivity contribution in [2.75, 3.05) is 5.32 Å². The van der Waals surface area contributed by atoms with E-state index in [2.05, 4.69) is 20.6 Å². The molecule has 0 aliphatic heterocycles. The number of nitrogens with zero attached hydrogens (tertiary/aromatic N) is 2. The molecule has 16 heavy (non-hydrogen) atoms. The van der Waals surface area contributed by atoms with Gasteiger partial charge in [0.15, 0.2) is 11.5 Å². The fraction of sp³-hybridized carbons (Fsp3) is 0.333. The average molecular weight is 222 g/mol. The molecule has 1 fully saturated rings. The lowest BCUT2D eigenvalue weighted by Crippen LogP contribution is -2.31. The van der Waals surface area contributed by atoms with E-state index in [1.807, 2.05) is 0 Å². The minimum atomic E-state index is -1.23. The fourth-order valence-corrected chi connectivity index (χ4v) is 1.14. The first-order chi connectivity index (χ1) is 7.66. The second-order valence-electron chi connectivity index (χ2n) is 3.43. The molecule has 0 aromatic carbocycles. The summed E-state index contributed by atoms with van der Waals surface area (Å²) in [5, 5.41) is 13.8. The summed E-state index contributed by atoms with van der Waals surface area (Å²) >= 11 is 0. The van der Waals surface area contributed by atoms with E-state index in [9.17, 15) is 9.59 Å². The molecule has 1 saturated carbocycles. The van der Waals surface area contributed by atoms with Gasteiger partial charge in [0.25, 0.3) is 0 Å². The van der Waals surface area contributed by atoms with Gasteiger partial charge in [-0.3, -0.25) is 5.32 Å². The Morgan fingerprint density at radius 3 is 2.62 bits per heavy atom. The van der Waals surface area contributed by atoms with E-state index in [1.54, 1.807) is 0 Å². The molecule has 2 amide bonds. The van der Waals surface area contributed by atoms with Gasteiger partial charge in [-0.2, -0.15) is 0 Å². The van der Waals surface area contributed by atoms with Gasteiger partial charge in [-0.1, -0.05) is 0 Å². The van der Waals surface area contributed by atoms with Crippen LogP contribution in [0.25, 0.3) is 0 Å². The van der Waals surface area contributed by atoms with Gasteiger partial charge in [0.2, 0.25) is 0 Å². The lowest BCUT2D eigenvalue weighted by atomic mass is 10.4. The molecule has 0 spiro atoms. The largest absolute Gasteiger partial charge is 0.476 e. The van der Waals surface area contributed by atoms with Crippen molar-refractivity contribution in [2.24, 2.45) is 0 Å². The molecular weight excluding hydrogens is 212 g/mol. The van der Waals surface area contributed by atoms with Crippen LogP contribution in [-0.2, 0) is 0 Å². The van der Waals surface area contributed by atoms with Crippen LogP contribution in [0.3, 0.4) is 0 Å². The molecule has 1 aliphatic rings. The Morgan fingerprint density at radius 1 is 1.31 bits per heavy atom. The van der Waals surface area contributed by atoms with Gasteiger partial charge in [0.1, 0.15) is 0 Å². The third-order valence-electron chi connectivity index (χ3n) is 2.05. The van der Waals surface area contributed by atoms with Gasteiger partial charge in [0, 0.05) is 18.4 Å². The Labute approximate surface area is 90.9 Å². The molecule has 0 unspecified atom stereocenters. The summed E-state index contributed by atoms with van der Waals surface area (Å²) in [4.78, 5) is 29.5. The number of carbonyl (C=O) groups excluding carboxylic acids is 1. The maximum Gasteiger partial charge on any atom is 0.358 e. The van der Waals surface area contributed by atoms with Gasteiger partial charge < -0.3 is 10.4 Å². The number of amides is 2. The van der Waals surface area contributed by atoms with Crippen molar-refractivity contribution in [3.63, 3.8) is 0 Å². The normalized spacial score (nSPS) is 14.2. The summed E-state index contributed by atoms with van der Waals surface area (Å²) in [6, 6.07) is -0.254. The summed E-state index contributed by atoms with van der Waals surface area (Å²) in [7, 11) is 0. The van der Waals surface area contributed by atoms with Crippen LogP contribution in [0, 0.1) is 0 Å². The van der Waals surface area contributed by atoms with Crippen molar-refractivity contribution in [3.05, 3.63) is 18.1 Å². The van der Waals surface area contributed by atoms with Gasteiger partial charge in [-0.25, -0.2) is 19.6 Å². The molecule has 1 heterocycles. The molecule has 1 aliphatic carbocycles. The third kappa shape index (κ3) is 2.44. The van der Waals surface area contributed by atoms with Crippen LogP contribution in [-0.4, -0.2) is 33.1 Å². The molecule has 0 saturated heterocycles. The average Bonchev–Trinajstić information content (AvgIpc) is 3.02. The second-order valence-corrected chi connectivity index (χ2v) is 3.43. The lowest BCUT2D eigenvalue weighted by molar-refractivity contribution is 0.0691. The molecule has 0 radical (unpaired) electrons. The van der Waals surface area contributed by atoms with Crippen molar-refractivity contribution < 1.29 is 14.7 Å². The maximum atomic E-state index is 11.4. The molecule has 0 bridgehead atoms. The molecular formula is C9H10N4O3. The lowest BCUT2D eigenvalue weighted by Gasteiger charge is -2.06. The number of carboxylic acid groups (broad SMARTS) is 1. The standard InChI is InChI=1S/C9H10N4O3/c14-8(15)6-7(11-4-3-10-6)13-9(16)12-5-1-2-5/h3-5H,1-2H2,(H,14,15)(H2,11,12,13,16). The number of aromatic nitrogens is 2. The van der Waals surface area contributed by atoms with Crippen LogP contribution in [0.1, 0.15) is 23.3 Å². The zero-order valence-corrected chi connectivity index (χ0v) is 8.30. The Bertz CT molecular complexity index is 431. The second kappa shape index (κ2) is 4.13. The number of carboxylic acids is 1. The maximum absolute atomic E-state index is 11.4. The topological polar surface area (TPSA) is 104 Å². The van der Waals surface area contributed by atoms with E-state index >= 15 is 0 Å². The highest BCUT2D eigenvalue weighted by Crippen LogP contribution is 2.18. The number of anilines is 1. The Balaban J connectivity index is 2.07. The van der Waals surface area contributed by atoms with Crippen molar-refractivity contribution >= 4 is 17.8 Å². The van der Waals surface area contributed by atoms with E-state index in [0.717, 1.165) is 12.8 Å². The summed E-state index contributed by atoms with van der Waals surface area (Å²) in [5.74, 6) is -1.28. The first-order valence-corrected chi connectivity index (χ1v) is 4.78. The van der Waals surface area contributed by atoms with Crippen LogP contribution in [0.15, 0.2) is 12.4 Å². The number of nitrogens with one attached hydrogen (secondary N) is 2. The summed E-state index contributed by atoms with van der Waals surface area (Å²) in [6.45, 7) is 0. The molecule has 1 aromatic heterocycles. The molecule has 7 heteroatoms. The summed E-state index contributed by atoms with van der Waals surface area (Å²) in [5.41, 5.74) is -0.270. The Morgan fingerprint density at radius 2 is 2.00 bits per heavy atom. The molecule has 2 rings (SSSR count). The molecule has 84 valence electrons. The predicted octanol–water partition coefficient (Wildman–Crippen LogP) is 0.459. The minimum absolute atomic E-state index is 0.0480. The molecule has 7 nitrogen and oxygen atoms in total. The smallest absolute Gasteiger partial charge is 0.358 e. The van der Waals surface area contributed by atoms with Gasteiger partial charge >= 0.3 is 12.0 Å². The van der Waals surface area contributed by atoms with Gasteiger partial charge in [-0.05, 0) is 12.8 Å². The van der Waals surface area contributed by atoms with Crippen LogP contribution >= 0.6 is 0 Å². The fourth-order valence-electron chi connectivity index (χ4n) is 1.14. The summed E-state index contributed by atoms with van der Waals surface area (Å²) in [6.07, 6.45) is 4.49. The summed E-state index contributed by atoms with van der Waals surface area (Å²) < 4.78 is 0. The Hall–Kier alpha value is -2.18. The van der Waals surface area contributed by atoms with Crippen LogP contribution < -0.4 is 10.6 Å². The molecule has 1 aromatic rings. The third-order valence-corrected chi connectivity index (χ3v) is 2.05. The van der Waals surface area contributed by atoms with Crippen LogP contribution in [0.2, 0.25) is 0 Å². The van der Waals surface area contributed by atoms with E-state index in [0.29, 0.717) is 0 Å². The zero-order valence-electron chi connectivity index (χ0n) is 8.30. The highest BCUT2D eigenvalue weighted by atomic mass is 16.4. The first-order valence-electron chi connectivity index (χ1n) is 4.78. The highest BCUT2D eigenvalue weighted by molar-refractivity contribution is 5.97. The monoisotopic (exact) mass is 222 g/mol. The van der Waals surface area contributed by atoms with E-state index in [1.165, 1.54) is 12.4 Å². The first kappa shape index (κ1) is 10.3.